The van der Waals surface area contributed by atoms with Crippen LogP contribution in [0.3, 0.4) is 0 Å². The van der Waals surface area contributed by atoms with E-state index >= 15 is 0 Å². The van der Waals surface area contributed by atoms with Crippen molar-refractivity contribution in [3.63, 3.8) is 0 Å². The summed E-state index contributed by atoms with van der Waals surface area (Å²) >= 11 is 7.72. The summed E-state index contributed by atoms with van der Waals surface area (Å²) in [7, 11) is -0.482. The number of anilines is 2. The molecule has 292 valence electrons. The fourth-order valence-electron chi connectivity index (χ4n) is 6.54. The normalized spacial score (nSPS) is 14.0. The van der Waals surface area contributed by atoms with Crippen LogP contribution in [-0.4, -0.2) is 87.7 Å². The fourth-order valence-corrected chi connectivity index (χ4v) is 8.66. The summed E-state index contributed by atoms with van der Waals surface area (Å²) in [4.78, 5) is 32.2. The lowest BCUT2D eigenvalue weighted by Crippen LogP contribution is -2.46. The molecule has 0 aliphatic carbocycles. The molecule has 0 saturated carbocycles. The minimum atomic E-state index is -4.37. The summed E-state index contributed by atoms with van der Waals surface area (Å²) < 4.78 is 29.1. The smallest absolute Gasteiger partial charge is 0.292 e. The number of benzene rings is 5. The van der Waals surface area contributed by atoms with Crippen molar-refractivity contribution >= 4 is 56.4 Å². The minimum Gasteiger partial charge on any atom is -0.376 e. The zero-order valence-electron chi connectivity index (χ0n) is 31.3. The number of thioether (sulfide) groups is 1. The van der Waals surface area contributed by atoms with Crippen LogP contribution in [-0.2, 0) is 16.6 Å². The molecular weight excluding hydrogens is 768 g/mol. The molecule has 1 amide bonds. The molecule has 6 rings (SSSR count). The van der Waals surface area contributed by atoms with Crippen LogP contribution in [0.5, 0.6) is 0 Å². The summed E-state index contributed by atoms with van der Waals surface area (Å²) in [5.74, 6) is -0.203. The second-order valence-electron chi connectivity index (χ2n) is 13.9. The molecule has 2 N–H and O–H groups in total. The number of halogens is 1. The first kappa shape index (κ1) is 40.7. The van der Waals surface area contributed by atoms with Gasteiger partial charge in [0.05, 0.1) is 9.82 Å². The Morgan fingerprint density at radius 3 is 2.25 bits per heavy atom. The van der Waals surface area contributed by atoms with Crippen molar-refractivity contribution in [3.05, 3.63) is 148 Å². The van der Waals surface area contributed by atoms with E-state index in [1.54, 1.807) is 23.9 Å². The predicted molar refractivity (Wildman–Crippen MR) is 226 cm³/mol. The van der Waals surface area contributed by atoms with Crippen molar-refractivity contribution in [1.82, 2.24) is 14.5 Å². The molecule has 1 fully saturated rings. The highest BCUT2D eigenvalue weighted by molar-refractivity contribution is 7.99. The first-order chi connectivity index (χ1) is 26.9. The van der Waals surface area contributed by atoms with Crippen molar-refractivity contribution in [3.8, 4) is 11.1 Å². The van der Waals surface area contributed by atoms with Gasteiger partial charge in [-0.25, -0.2) is 13.1 Å². The molecule has 0 radical (unpaired) electrons. The maximum absolute atomic E-state index is 13.5. The molecule has 0 unspecified atom stereocenters. The number of piperazine rings is 1. The summed E-state index contributed by atoms with van der Waals surface area (Å²) in [5.41, 5.74) is 4.49. The van der Waals surface area contributed by atoms with Gasteiger partial charge in [-0.3, -0.25) is 19.8 Å². The molecule has 1 saturated heterocycles. The number of nitro groups is 1. The Bertz CT molecular complexity index is 2220. The van der Waals surface area contributed by atoms with Gasteiger partial charge in [0.25, 0.3) is 21.6 Å². The quantitative estimate of drug-likeness (QED) is 0.0577. The molecule has 0 aromatic heterocycles. The third kappa shape index (κ3) is 10.9. The van der Waals surface area contributed by atoms with Crippen LogP contribution < -0.4 is 14.9 Å². The third-order valence-electron chi connectivity index (χ3n) is 9.61. The Morgan fingerprint density at radius 2 is 1.57 bits per heavy atom. The number of nitro benzene ring substituents is 1. The standard InChI is InChI=1S/C42H45ClN6O5S2/c1-46(2)23-22-35(30-55-37-9-4-3-5-10-37)44-40-28-38(20-21-41(40)49(51)52)56(53,54)45-42(50)32-14-18-36(19-15-32)48-26-24-47(25-27-48)29-33-8-6-7-11-39(33)31-12-16-34(43)17-13-31/h3-21,28,35,44H,22-27,29-30H2,1-2H3,(H,45,50)/t35-/m1/s1. The summed E-state index contributed by atoms with van der Waals surface area (Å²) in [6, 6.07) is 36.3. The van der Waals surface area contributed by atoms with E-state index in [9.17, 15) is 23.3 Å². The van der Waals surface area contributed by atoms with Crippen LogP contribution in [0.25, 0.3) is 11.1 Å². The summed E-state index contributed by atoms with van der Waals surface area (Å²) in [6.07, 6.45) is 0.656. The second kappa shape index (κ2) is 18.8. The lowest BCUT2D eigenvalue weighted by atomic mass is 9.99. The first-order valence-electron chi connectivity index (χ1n) is 18.3. The molecule has 0 spiro atoms. The average molecular weight is 813 g/mol. The van der Waals surface area contributed by atoms with Crippen LogP contribution in [0.1, 0.15) is 22.3 Å². The highest BCUT2D eigenvalue weighted by atomic mass is 35.5. The van der Waals surface area contributed by atoms with Gasteiger partial charge in [-0.1, -0.05) is 66.2 Å². The third-order valence-corrected chi connectivity index (χ3v) is 12.4. The number of amides is 1. The van der Waals surface area contributed by atoms with Gasteiger partial charge in [0.1, 0.15) is 5.69 Å². The number of carbonyl (C=O) groups excluding carboxylic acids is 1. The minimum absolute atomic E-state index is 0.0676. The Morgan fingerprint density at radius 1 is 0.893 bits per heavy atom. The molecule has 1 atom stereocenters. The van der Waals surface area contributed by atoms with E-state index < -0.39 is 20.9 Å². The number of hydrogen-bond acceptors (Lipinski definition) is 10. The van der Waals surface area contributed by atoms with Gasteiger partial charge in [-0.05, 0) is 104 Å². The van der Waals surface area contributed by atoms with E-state index in [-0.39, 0.29) is 27.9 Å². The van der Waals surface area contributed by atoms with Gasteiger partial charge >= 0.3 is 0 Å². The SMILES string of the molecule is CN(C)CC[C@H](CSc1ccccc1)Nc1cc(S(=O)(=O)NC(=O)c2ccc(N3CCN(Cc4ccccc4-c4ccc(Cl)cc4)CC3)cc2)ccc1[N+](=O)[O-]. The van der Waals surface area contributed by atoms with Crippen LogP contribution in [0.15, 0.2) is 131 Å². The Kier molecular flexibility index (Phi) is 13.7. The zero-order valence-corrected chi connectivity index (χ0v) is 33.7. The molecule has 14 heteroatoms. The zero-order chi connectivity index (χ0) is 39.7. The largest absolute Gasteiger partial charge is 0.376 e. The van der Waals surface area contributed by atoms with Gasteiger partial charge in [-0.2, -0.15) is 0 Å². The van der Waals surface area contributed by atoms with Crippen molar-refractivity contribution in [2.75, 3.05) is 62.8 Å². The van der Waals surface area contributed by atoms with Crippen molar-refractivity contribution in [2.45, 2.75) is 28.8 Å². The topological polar surface area (TPSA) is 128 Å². The van der Waals surface area contributed by atoms with E-state index in [1.165, 1.54) is 17.2 Å². The van der Waals surface area contributed by atoms with Crippen LogP contribution in [0.4, 0.5) is 17.1 Å². The summed E-state index contributed by atoms with van der Waals surface area (Å²) in [6.45, 7) is 4.82. The van der Waals surface area contributed by atoms with Gasteiger partial charge in [0, 0.05) is 71.8 Å². The maximum atomic E-state index is 13.5. The highest BCUT2D eigenvalue weighted by Gasteiger charge is 2.25. The Labute approximate surface area is 337 Å². The number of hydrogen-bond donors (Lipinski definition) is 2. The molecule has 1 aliphatic heterocycles. The molecule has 1 aliphatic rings. The monoisotopic (exact) mass is 812 g/mol. The number of nitrogens with one attached hydrogen (secondary N) is 2. The first-order valence-corrected chi connectivity index (χ1v) is 21.2. The molecule has 1 heterocycles. The molecule has 11 nitrogen and oxygen atoms in total. The number of sulfonamides is 1. The maximum Gasteiger partial charge on any atom is 0.292 e. The molecule has 0 bridgehead atoms. The van der Waals surface area contributed by atoms with Crippen LogP contribution >= 0.6 is 23.4 Å². The summed E-state index contributed by atoms with van der Waals surface area (Å²) in [5, 5.41) is 15.9. The van der Waals surface area contributed by atoms with Gasteiger partial charge < -0.3 is 15.1 Å². The van der Waals surface area contributed by atoms with E-state index in [2.05, 4.69) is 38.0 Å². The van der Waals surface area contributed by atoms with Crippen LogP contribution in [0.2, 0.25) is 5.02 Å². The second-order valence-corrected chi connectivity index (χ2v) is 17.1. The van der Waals surface area contributed by atoms with Crippen LogP contribution in [0, 0.1) is 10.1 Å². The molecule has 5 aromatic rings. The Balaban J connectivity index is 1.08. The Hall–Kier alpha value is -4.92. The predicted octanol–water partition coefficient (Wildman–Crippen LogP) is 7.88. The lowest BCUT2D eigenvalue weighted by Gasteiger charge is -2.36. The van der Waals surface area contributed by atoms with Gasteiger partial charge in [0.15, 0.2) is 0 Å². The van der Waals surface area contributed by atoms with E-state index in [4.69, 9.17) is 11.6 Å². The average Bonchev–Trinajstić information content (AvgIpc) is 3.20. The van der Waals surface area contributed by atoms with Gasteiger partial charge in [-0.15, -0.1) is 11.8 Å². The van der Waals surface area contributed by atoms with Gasteiger partial charge in [0.2, 0.25) is 0 Å². The van der Waals surface area contributed by atoms with E-state index in [0.29, 0.717) is 23.7 Å². The van der Waals surface area contributed by atoms with Crippen molar-refractivity contribution in [2.24, 2.45) is 0 Å². The van der Waals surface area contributed by atoms with Crippen molar-refractivity contribution < 1.29 is 18.1 Å². The highest BCUT2D eigenvalue weighted by Crippen LogP contribution is 2.31. The number of rotatable bonds is 16. The lowest BCUT2D eigenvalue weighted by molar-refractivity contribution is -0.384. The molecular formula is C42H45ClN6O5S2. The van der Waals surface area contributed by atoms with Crippen molar-refractivity contribution in [1.29, 1.82) is 0 Å². The van der Waals surface area contributed by atoms with E-state index in [0.717, 1.165) is 61.0 Å². The molecule has 5 aromatic carbocycles. The fraction of sp³-hybridized carbons (Fsp3) is 0.262. The van der Waals surface area contributed by atoms with E-state index in [1.807, 2.05) is 91.8 Å². The number of carbonyl (C=O) groups is 1. The molecule has 56 heavy (non-hydrogen) atoms. The number of nitrogens with zero attached hydrogens (tertiary/aromatic N) is 4.